The van der Waals surface area contributed by atoms with E-state index in [-0.39, 0.29) is 6.04 Å². The van der Waals surface area contributed by atoms with Gasteiger partial charge in [0.1, 0.15) is 0 Å². The molecule has 0 amide bonds. The summed E-state index contributed by atoms with van der Waals surface area (Å²) in [5, 5.41) is 19.1. The summed E-state index contributed by atoms with van der Waals surface area (Å²) in [5.41, 5.74) is 3.10. The van der Waals surface area contributed by atoms with Crippen LogP contribution in [0.5, 0.6) is 0 Å². The van der Waals surface area contributed by atoms with Crippen molar-refractivity contribution in [3.05, 3.63) is 57.7 Å². The summed E-state index contributed by atoms with van der Waals surface area (Å²) in [6, 6.07) is 12.0. The predicted molar refractivity (Wildman–Crippen MR) is 118 cm³/mol. The van der Waals surface area contributed by atoms with Crippen LogP contribution >= 0.6 is 23.2 Å². The molecule has 0 spiro atoms. The highest BCUT2D eigenvalue weighted by molar-refractivity contribution is 6.35. The first-order chi connectivity index (χ1) is 13.5. The van der Waals surface area contributed by atoms with Gasteiger partial charge in [0.2, 0.25) is 0 Å². The van der Waals surface area contributed by atoms with Gasteiger partial charge in [0.05, 0.1) is 11.7 Å². The zero-order chi connectivity index (χ0) is 19.7. The Kier molecular flexibility index (Phi) is 5.58. The zero-order valence-electron chi connectivity index (χ0n) is 16.0. The van der Waals surface area contributed by atoms with Crippen LogP contribution in [-0.4, -0.2) is 36.4 Å². The minimum absolute atomic E-state index is 0.0344. The number of hydrogen-bond donors (Lipinski definition) is 2. The van der Waals surface area contributed by atoms with Crippen LogP contribution in [0.1, 0.15) is 24.2 Å². The van der Waals surface area contributed by atoms with Gasteiger partial charge < -0.3 is 15.5 Å². The molecule has 28 heavy (non-hydrogen) atoms. The third-order valence-corrected chi connectivity index (χ3v) is 5.77. The highest BCUT2D eigenvalue weighted by Gasteiger charge is 2.16. The summed E-state index contributed by atoms with van der Waals surface area (Å²) in [6.07, 6.45) is 0. The summed E-state index contributed by atoms with van der Waals surface area (Å²) >= 11 is 12.4. The van der Waals surface area contributed by atoms with E-state index in [1.165, 1.54) is 5.69 Å². The van der Waals surface area contributed by atoms with Gasteiger partial charge in [-0.2, -0.15) is 5.10 Å². The minimum Gasteiger partial charge on any atom is -0.369 e. The normalized spacial score (nSPS) is 15.6. The lowest BCUT2D eigenvalue weighted by Gasteiger charge is -2.29. The predicted octanol–water partition coefficient (Wildman–Crippen LogP) is 4.83. The largest absolute Gasteiger partial charge is 0.369 e. The Balaban J connectivity index is 1.70. The van der Waals surface area contributed by atoms with Crippen LogP contribution in [0.15, 0.2) is 36.4 Å². The first kappa shape index (κ1) is 19.2. The number of anilines is 2. The number of benzene rings is 2. The summed E-state index contributed by atoms with van der Waals surface area (Å²) in [5.74, 6) is 0.760. The maximum Gasteiger partial charge on any atom is 0.157 e. The molecule has 146 valence electrons. The van der Waals surface area contributed by atoms with Gasteiger partial charge in [-0.05, 0) is 43.7 Å². The fourth-order valence-electron chi connectivity index (χ4n) is 3.64. The molecule has 0 aliphatic carbocycles. The van der Waals surface area contributed by atoms with Gasteiger partial charge in [-0.1, -0.05) is 35.3 Å². The molecule has 7 heteroatoms. The molecular weight excluding hydrogens is 393 g/mol. The van der Waals surface area contributed by atoms with E-state index in [1.54, 1.807) is 6.07 Å². The number of aryl methyl sites for hydroxylation is 1. The molecule has 2 heterocycles. The number of fused-ring (bicyclic) bond motifs is 1. The zero-order valence-corrected chi connectivity index (χ0v) is 17.5. The van der Waals surface area contributed by atoms with Crippen LogP contribution in [-0.2, 0) is 0 Å². The lowest BCUT2D eigenvalue weighted by atomic mass is 10.1. The molecular formula is C21H23Cl2N5. The SMILES string of the molecule is Cc1nnc(NC(C)c2ccc(Cl)cc2Cl)c2cc(N3CCNCC3)ccc12. The summed E-state index contributed by atoms with van der Waals surface area (Å²) in [7, 11) is 0. The first-order valence-electron chi connectivity index (χ1n) is 9.47. The first-order valence-corrected chi connectivity index (χ1v) is 10.2. The molecule has 1 fully saturated rings. The molecule has 1 aromatic heterocycles. The van der Waals surface area contributed by atoms with Gasteiger partial charge >= 0.3 is 0 Å². The fraction of sp³-hybridized carbons (Fsp3) is 0.333. The van der Waals surface area contributed by atoms with Crippen LogP contribution < -0.4 is 15.5 Å². The second-order valence-electron chi connectivity index (χ2n) is 7.13. The van der Waals surface area contributed by atoms with Crippen LogP contribution in [0.2, 0.25) is 10.0 Å². The van der Waals surface area contributed by atoms with Crippen molar-refractivity contribution in [2.24, 2.45) is 0 Å². The Labute approximate surface area is 175 Å². The molecule has 1 aliphatic rings. The third kappa shape index (κ3) is 3.88. The third-order valence-electron chi connectivity index (χ3n) is 5.21. The minimum atomic E-state index is -0.0344. The van der Waals surface area contributed by atoms with Crippen molar-refractivity contribution in [2.75, 3.05) is 36.4 Å². The van der Waals surface area contributed by atoms with Crippen LogP contribution in [0.4, 0.5) is 11.5 Å². The number of rotatable bonds is 4. The number of nitrogens with one attached hydrogen (secondary N) is 2. The topological polar surface area (TPSA) is 53.1 Å². The van der Waals surface area contributed by atoms with E-state index in [0.29, 0.717) is 10.0 Å². The number of piperazine rings is 1. The monoisotopic (exact) mass is 415 g/mol. The van der Waals surface area contributed by atoms with Crippen LogP contribution in [0.3, 0.4) is 0 Å². The molecule has 0 bridgehead atoms. The molecule has 1 aliphatic heterocycles. The number of aromatic nitrogens is 2. The summed E-state index contributed by atoms with van der Waals surface area (Å²) < 4.78 is 0. The van der Waals surface area contributed by atoms with E-state index >= 15 is 0 Å². The molecule has 2 N–H and O–H groups in total. The van der Waals surface area contributed by atoms with E-state index in [4.69, 9.17) is 23.2 Å². The van der Waals surface area contributed by atoms with Crippen molar-refractivity contribution in [1.29, 1.82) is 0 Å². The van der Waals surface area contributed by atoms with E-state index in [0.717, 1.165) is 54.0 Å². The van der Waals surface area contributed by atoms with E-state index in [2.05, 4.69) is 50.9 Å². The highest BCUT2D eigenvalue weighted by Crippen LogP contribution is 2.32. The lowest BCUT2D eigenvalue weighted by Crippen LogP contribution is -2.43. The molecule has 1 unspecified atom stereocenters. The average Bonchev–Trinajstić information content (AvgIpc) is 2.70. The Morgan fingerprint density at radius 1 is 1.04 bits per heavy atom. The summed E-state index contributed by atoms with van der Waals surface area (Å²) in [4.78, 5) is 2.40. The Morgan fingerprint density at radius 2 is 1.82 bits per heavy atom. The van der Waals surface area contributed by atoms with E-state index in [1.807, 2.05) is 19.1 Å². The van der Waals surface area contributed by atoms with Gasteiger partial charge in [-0.25, -0.2) is 0 Å². The molecule has 3 aromatic rings. The highest BCUT2D eigenvalue weighted by atomic mass is 35.5. The van der Waals surface area contributed by atoms with E-state index < -0.39 is 0 Å². The molecule has 0 saturated carbocycles. The van der Waals surface area contributed by atoms with Crippen molar-refractivity contribution in [3.63, 3.8) is 0 Å². The Morgan fingerprint density at radius 3 is 2.57 bits per heavy atom. The molecule has 2 aromatic carbocycles. The van der Waals surface area contributed by atoms with Gasteiger partial charge in [0, 0.05) is 52.7 Å². The standard InChI is InChI=1S/C21H23Cl2N5/c1-13(18-5-3-15(22)11-20(18)23)25-21-19-12-16(28-9-7-24-8-10-28)4-6-17(19)14(2)26-27-21/h3-6,11-13,24H,7-10H2,1-2H3,(H,25,27). The average molecular weight is 416 g/mol. The number of nitrogens with zero attached hydrogens (tertiary/aromatic N) is 3. The van der Waals surface area contributed by atoms with Crippen molar-refractivity contribution in [1.82, 2.24) is 15.5 Å². The number of halogens is 2. The van der Waals surface area contributed by atoms with Crippen molar-refractivity contribution in [3.8, 4) is 0 Å². The fourth-order valence-corrected chi connectivity index (χ4v) is 4.21. The molecule has 4 rings (SSSR count). The smallest absolute Gasteiger partial charge is 0.157 e. The summed E-state index contributed by atoms with van der Waals surface area (Å²) in [6.45, 7) is 8.06. The van der Waals surface area contributed by atoms with E-state index in [9.17, 15) is 0 Å². The van der Waals surface area contributed by atoms with Gasteiger partial charge in [0.15, 0.2) is 5.82 Å². The van der Waals surface area contributed by atoms with Gasteiger partial charge in [-0.15, -0.1) is 5.10 Å². The van der Waals surface area contributed by atoms with Crippen molar-refractivity contribution < 1.29 is 0 Å². The molecule has 1 saturated heterocycles. The Hall–Kier alpha value is -2.08. The molecule has 1 atom stereocenters. The van der Waals surface area contributed by atoms with Crippen molar-refractivity contribution >= 4 is 45.5 Å². The molecule has 5 nitrogen and oxygen atoms in total. The number of hydrogen-bond acceptors (Lipinski definition) is 5. The van der Waals surface area contributed by atoms with Crippen LogP contribution in [0, 0.1) is 6.92 Å². The van der Waals surface area contributed by atoms with Crippen molar-refractivity contribution in [2.45, 2.75) is 19.9 Å². The van der Waals surface area contributed by atoms with Gasteiger partial charge in [0.25, 0.3) is 0 Å². The maximum atomic E-state index is 6.39. The maximum absolute atomic E-state index is 6.39. The second-order valence-corrected chi connectivity index (χ2v) is 7.98. The second kappa shape index (κ2) is 8.11. The quantitative estimate of drug-likeness (QED) is 0.638. The molecule has 0 radical (unpaired) electrons. The van der Waals surface area contributed by atoms with Gasteiger partial charge in [-0.3, -0.25) is 0 Å². The Bertz CT molecular complexity index is 1000. The van der Waals surface area contributed by atoms with Crippen LogP contribution in [0.25, 0.3) is 10.8 Å². The lowest BCUT2D eigenvalue weighted by molar-refractivity contribution is 0.589.